The van der Waals surface area contributed by atoms with Crippen molar-refractivity contribution in [1.82, 2.24) is 0 Å². The zero-order valence-electron chi connectivity index (χ0n) is 11.0. The van der Waals surface area contributed by atoms with Gasteiger partial charge in [0.25, 0.3) is 0 Å². The Bertz CT molecular complexity index is 496. The minimum atomic E-state index is -0.535. The number of aliphatic hydroxyl groups is 1. The van der Waals surface area contributed by atoms with E-state index in [1.807, 2.05) is 54.6 Å². The Balaban J connectivity index is 1.88. The van der Waals surface area contributed by atoms with Crippen LogP contribution in [0, 0.1) is 0 Å². The zero-order chi connectivity index (χ0) is 13.5. The highest BCUT2D eigenvalue weighted by Crippen LogP contribution is 2.25. The van der Waals surface area contributed by atoms with Crippen LogP contribution in [0.3, 0.4) is 0 Å². The Morgan fingerprint density at radius 2 is 1.58 bits per heavy atom. The molecule has 1 unspecified atom stereocenters. The average molecular weight is 258 g/mol. The van der Waals surface area contributed by atoms with Gasteiger partial charge in [0.2, 0.25) is 0 Å². The predicted molar refractivity (Wildman–Crippen MR) is 74.6 cm³/mol. The molecule has 0 spiro atoms. The van der Waals surface area contributed by atoms with Crippen LogP contribution in [0.4, 0.5) is 0 Å². The van der Waals surface area contributed by atoms with Crippen LogP contribution in [-0.4, -0.2) is 24.9 Å². The summed E-state index contributed by atoms with van der Waals surface area (Å²) in [6.45, 7) is 0.245. The van der Waals surface area contributed by atoms with Gasteiger partial charge in [-0.25, -0.2) is 0 Å². The molecule has 3 nitrogen and oxygen atoms in total. The second-order valence-electron chi connectivity index (χ2n) is 4.31. The van der Waals surface area contributed by atoms with Crippen LogP contribution in [0.15, 0.2) is 54.6 Å². The maximum Gasteiger partial charge on any atom is 0.161 e. The van der Waals surface area contributed by atoms with Crippen LogP contribution in [0.1, 0.15) is 5.56 Å². The van der Waals surface area contributed by atoms with Crippen LogP contribution in [0.5, 0.6) is 11.5 Å². The fourth-order valence-electron chi connectivity index (χ4n) is 1.87. The number of hydrogen-bond acceptors (Lipinski definition) is 3. The quantitative estimate of drug-likeness (QED) is 0.865. The number of rotatable bonds is 6. The standard InChI is InChI=1S/C16H18O3/c1-18-15-9-5-6-10-16(15)19-12-14(17)11-13-7-3-2-4-8-13/h2-10,14,17H,11-12H2,1H3. The first-order valence-electron chi connectivity index (χ1n) is 6.27. The molecule has 2 rings (SSSR count). The van der Waals surface area contributed by atoms with Crippen molar-refractivity contribution in [3.05, 3.63) is 60.2 Å². The second kappa shape index (κ2) is 6.81. The Morgan fingerprint density at radius 3 is 2.26 bits per heavy atom. The van der Waals surface area contributed by atoms with Gasteiger partial charge in [-0.1, -0.05) is 42.5 Å². The van der Waals surface area contributed by atoms with E-state index in [2.05, 4.69) is 0 Å². The van der Waals surface area contributed by atoms with E-state index in [4.69, 9.17) is 9.47 Å². The lowest BCUT2D eigenvalue weighted by molar-refractivity contribution is 0.106. The van der Waals surface area contributed by atoms with Gasteiger partial charge >= 0.3 is 0 Å². The molecule has 0 bridgehead atoms. The number of aliphatic hydroxyl groups excluding tert-OH is 1. The van der Waals surface area contributed by atoms with E-state index in [9.17, 15) is 5.11 Å². The molecule has 100 valence electrons. The molecular weight excluding hydrogens is 240 g/mol. The monoisotopic (exact) mass is 258 g/mol. The fourth-order valence-corrected chi connectivity index (χ4v) is 1.87. The van der Waals surface area contributed by atoms with Gasteiger partial charge in [0.05, 0.1) is 13.2 Å². The summed E-state index contributed by atoms with van der Waals surface area (Å²) in [5.41, 5.74) is 1.10. The summed E-state index contributed by atoms with van der Waals surface area (Å²) in [6.07, 6.45) is 0.0445. The minimum Gasteiger partial charge on any atom is -0.493 e. The molecule has 2 aromatic carbocycles. The van der Waals surface area contributed by atoms with Crippen LogP contribution < -0.4 is 9.47 Å². The summed E-state index contributed by atoms with van der Waals surface area (Å²) >= 11 is 0. The van der Waals surface area contributed by atoms with E-state index < -0.39 is 6.10 Å². The van der Waals surface area contributed by atoms with Gasteiger partial charge in [0.1, 0.15) is 6.61 Å². The van der Waals surface area contributed by atoms with Gasteiger partial charge in [-0.05, 0) is 17.7 Å². The Labute approximate surface area is 113 Å². The summed E-state index contributed by atoms with van der Waals surface area (Å²) in [4.78, 5) is 0. The summed E-state index contributed by atoms with van der Waals surface area (Å²) in [5, 5.41) is 9.96. The molecule has 2 aromatic rings. The Kier molecular flexibility index (Phi) is 4.81. The van der Waals surface area contributed by atoms with Crippen molar-refractivity contribution in [2.24, 2.45) is 0 Å². The molecule has 19 heavy (non-hydrogen) atoms. The first kappa shape index (κ1) is 13.4. The number of ether oxygens (including phenoxy) is 2. The van der Waals surface area contributed by atoms with E-state index in [0.717, 1.165) is 5.56 Å². The zero-order valence-corrected chi connectivity index (χ0v) is 11.0. The van der Waals surface area contributed by atoms with Gasteiger partial charge in [0.15, 0.2) is 11.5 Å². The number of hydrogen-bond donors (Lipinski definition) is 1. The fraction of sp³-hybridized carbons (Fsp3) is 0.250. The molecule has 1 atom stereocenters. The van der Waals surface area contributed by atoms with Gasteiger partial charge < -0.3 is 14.6 Å². The molecule has 1 N–H and O–H groups in total. The molecule has 0 saturated heterocycles. The maximum atomic E-state index is 9.96. The van der Waals surface area contributed by atoms with E-state index in [0.29, 0.717) is 17.9 Å². The third-order valence-corrected chi connectivity index (χ3v) is 2.81. The summed E-state index contributed by atoms with van der Waals surface area (Å²) < 4.78 is 10.8. The lowest BCUT2D eigenvalue weighted by atomic mass is 10.1. The van der Waals surface area contributed by atoms with Crippen molar-refractivity contribution in [2.45, 2.75) is 12.5 Å². The van der Waals surface area contributed by atoms with Crippen molar-refractivity contribution >= 4 is 0 Å². The summed E-state index contributed by atoms with van der Waals surface area (Å²) in [6, 6.07) is 17.3. The minimum absolute atomic E-state index is 0.245. The lowest BCUT2D eigenvalue weighted by Gasteiger charge is -2.14. The largest absolute Gasteiger partial charge is 0.493 e. The van der Waals surface area contributed by atoms with E-state index in [1.165, 1.54) is 0 Å². The van der Waals surface area contributed by atoms with Gasteiger partial charge in [-0.3, -0.25) is 0 Å². The molecule has 0 fully saturated rings. The first-order valence-corrected chi connectivity index (χ1v) is 6.27. The van der Waals surface area contributed by atoms with E-state index in [-0.39, 0.29) is 6.61 Å². The highest BCUT2D eigenvalue weighted by molar-refractivity contribution is 5.39. The average Bonchev–Trinajstić information content (AvgIpc) is 2.46. The topological polar surface area (TPSA) is 38.7 Å². The van der Waals surface area contributed by atoms with Crippen molar-refractivity contribution in [2.75, 3.05) is 13.7 Å². The first-order chi connectivity index (χ1) is 9.29. The maximum absolute atomic E-state index is 9.96. The van der Waals surface area contributed by atoms with Gasteiger partial charge in [-0.15, -0.1) is 0 Å². The molecule has 0 aromatic heterocycles. The number of methoxy groups -OCH3 is 1. The molecule has 0 aliphatic heterocycles. The third kappa shape index (κ3) is 4.00. The van der Waals surface area contributed by atoms with E-state index >= 15 is 0 Å². The van der Waals surface area contributed by atoms with Crippen molar-refractivity contribution < 1.29 is 14.6 Å². The van der Waals surface area contributed by atoms with Crippen molar-refractivity contribution in [1.29, 1.82) is 0 Å². The molecule has 3 heteroatoms. The smallest absolute Gasteiger partial charge is 0.161 e. The van der Waals surface area contributed by atoms with Gasteiger partial charge in [-0.2, -0.15) is 0 Å². The second-order valence-corrected chi connectivity index (χ2v) is 4.31. The van der Waals surface area contributed by atoms with Crippen LogP contribution in [0.25, 0.3) is 0 Å². The summed E-state index contributed by atoms with van der Waals surface area (Å²) in [7, 11) is 1.60. The Hall–Kier alpha value is -2.00. The third-order valence-electron chi connectivity index (χ3n) is 2.81. The summed E-state index contributed by atoms with van der Waals surface area (Å²) in [5.74, 6) is 1.33. The van der Waals surface area contributed by atoms with E-state index in [1.54, 1.807) is 7.11 Å². The lowest BCUT2D eigenvalue weighted by Crippen LogP contribution is -2.20. The van der Waals surface area contributed by atoms with Gasteiger partial charge in [0, 0.05) is 6.42 Å². The SMILES string of the molecule is COc1ccccc1OCC(O)Cc1ccccc1. The molecule has 0 aliphatic rings. The molecule has 0 aliphatic carbocycles. The molecule has 0 amide bonds. The molecular formula is C16H18O3. The predicted octanol–water partition coefficient (Wildman–Crippen LogP) is 2.68. The highest BCUT2D eigenvalue weighted by atomic mass is 16.5. The Morgan fingerprint density at radius 1 is 0.947 bits per heavy atom. The number of para-hydroxylation sites is 2. The molecule has 0 heterocycles. The highest BCUT2D eigenvalue weighted by Gasteiger charge is 2.08. The van der Waals surface area contributed by atoms with Crippen LogP contribution in [0.2, 0.25) is 0 Å². The van der Waals surface area contributed by atoms with Crippen molar-refractivity contribution in [3.63, 3.8) is 0 Å². The van der Waals surface area contributed by atoms with Crippen LogP contribution in [-0.2, 0) is 6.42 Å². The number of benzene rings is 2. The normalized spacial score (nSPS) is 11.9. The van der Waals surface area contributed by atoms with Crippen LogP contribution >= 0.6 is 0 Å². The molecule has 0 radical (unpaired) electrons. The van der Waals surface area contributed by atoms with Crippen molar-refractivity contribution in [3.8, 4) is 11.5 Å². The molecule has 0 saturated carbocycles.